The predicted octanol–water partition coefficient (Wildman–Crippen LogP) is -1.38. The molecule has 1 saturated heterocycles. The third kappa shape index (κ3) is 0.910. The minimum atomic E-state index is -0.789. The average molecular weight is 156 g/mol. The molecule has 3 unspecified atom stereocenters. The molecule has 1 aliphatic carbocycles. The van der Waals surface area contributed by atoms with Gasteiger partial charge in [0.2, 0.25) is 0 Å². The lowest BCUT2D eigenvalue weighted by Crippen LogP contribution is -2.29. The largest absolute Gasteiger partial charge is 0.392 e. The molecule has 1 aliphatic heterocycles. The first-order chi connectivity index (χ1) is 5.24. The van der Waals surface area contributed by atoms with Gasteiger partial charge in [-0.1, -0.05) is 0 Å². The van der Waals surface area contributed by atoms with E-state index in [0.717, 1.165) is 0 Å². The quantitative estimate of drug-likeness (QED) is 0.459. The molecule has 0 saturated carbocycles. The fourth-order valence-corrected chi connectivity index (χ4v) is 1.29. The molecule has 0 aromatic rings. The Kier molecular flexibility index (Phi) is 1.35. The Balaban J connectivity index is 2.25. The molecule has 0 amide bonds. The van der Waals surface area contributed by atoms with E-state index in [1.807, 2.05) is 0 Å². The lowest BCUT2D eigenvalue weighted by molar-refractivity contribution is -0.116. The van der Waals surface area contributed by atoms with Gasteiger partial charge in [0.05, 0.1) is 6.61 Å². The van der Waals surface area contributed by atoms with Crippen LogP contribution in [0, 0.1) is 0 Å². The van der Waals surface area contributed by atoms with Gasteiger partial charge in [0, 0.05) is 0 Å². The van der Waals surface area contributed by atoms with Crippen LogP contribution in [-0.2, 0) is 9.53 Å². The highest BCUT2D eigenvalue weighted by Gasteiger charge is 2.52. The summed E-state index contributed by atoms with van der Waals surface area (Å²) in [5.74, 6) is -0.149. The van der Waals surface area contributed by atoms with Crippen LogP contribution in [0.5, 0.6) is 0 Å². The van der Waals surface area contributed by atoms with Crippen LogP contribution in [-0.4, -0.2) is 40.9 Å². The van der Waals surface area contributed by atoms with E-state index < -0.39 is 18.3 Å². The Hall–Kier alpha value is -0.710. The Morgan fingerprint density at radius 2 is 2.36 bits per heavy atom. The summed E-state index contributed by atoms with van der Waals surface area (Å²) >= 11 is 0. The lowest BCUT2D eigenvalue weighted by atomic mass is 9.96. The Labute approximate surface area is 63.1 Å². The number of carbonyl (C=O) groups is 1. The summed E-state index contributed by atoms with van der Waals surface area (Å²) < 4.78 is 4.87. The summed E-state index contributed by atoms with van der Waals surface area (Å²) in [4.78, 5) is 10.9. The summed E-state index contributed by atoms with van der Waals surface area (Å²) in [5, 5.41) is 18.0. The van der Waals surface area contributed by atoms with Crippen molar-refractivity contribution in [2.45, 2.75) is 18.3 Å². The minimum absolute atomic E-state index is 0.149. The summed E-state index contributed by atoms with van der Waals surface area (Å²) in [6, 6.07) is 0. The van der Waals surface area contributed by atoms with Crippen molar-refractivity contribution in [3.8, 4) is 0 Å². The highest BCUT2D eigenvalue weighted by Crippen LogP contribution is 2.33. The molecule has 2 N–H and O–H groups in total. The van der Waals surface area contributed by atoms with E-state index in [0.29, 0.717) is 5.57 Å². The molecular weight excluding hydrogens is 148 g/mol. The maximum Gasteiger partial charge on any atom is 0.187 e. The van der Waals surface area contributed by atoms with Crippen LogP contribution in [0.15, 0.2) is 11.6 Å². The molecule has 4 heteroatoms. The second-order valence-electron chi connectivity index (χ2n) is 2.75. The van der Waals surface area contributed by atoms with Crippen molar-refractivity contribution in [3.63, 3.8) is 0 Å². The molecule has 11 heavy (non-hydrogen) atoms. The third-order valence-corrected chi connectivity index (χ3v) is 2.01. The average Bonchev–Trinajstić information content (AvgIpc) is 2.75. The summed E-state index contributed by atoms with van der Waals surface area (Å²) in [7, 11) is 0. The van der Waals surface area contributed by atoms with Crippen LogP contribution in [0.4, 0.5) is 0 Å². The minimum Gasteiger partial charge on any atom is -0.392 e. The van der Waals surface area contributed by atoms with Gasteiger partial charge < -0.3 is 14.9 Å². The van der Waals surface area contributed by atoms with Gasteiger partial charge in [-0.2, -0.15) is 0 Å². The molecule has 1 fully saturated rings. The van der Waals surface area contributed by atoms with E-state index in [1.165, 1.54) is 6.08 Å². The normalized spacial score (nSPS) is 41.5. The first-order valence-electron chi connectivity index (χ1n) is 3.42. The van der Waals surface area contributed by atoms with Crippen LogP contribution in [0.3, 0.4) is 0 Å². The highest BCUT2D eigenvalue weighted by atomic mass is 16.6. The second kappa shape index (κ2) is 2.14. The summed E-state index contributed by atoms with van der Waals surface area (Å²) in [6.07, 6.45) is -0.364. The van der Waals surface area contributed by atoms with Gasteiger partial charge in [0.15, 0.2) is 5.78 Å². The SMILES string of the molecule is O=C1C=C(CO)C(O)C2OC12. The van der Waals surface area contributed by atoms with Crippen LogP contribution in [0.1, 0.15) is 0 Å². The van der Waals surface area contributed by atoms with Crippen molar-refractivity contribution in [3.05, 3.63) is 11.6 Å². The van der Waals surface area contributed by atoms with Gasteiger partial charge >= 0.3 is 0 Å². The smallest absolute Gasteiger partial charge is 0.187 e. The zero-order chi connectivity index (χ0) is 8.01. The number of aliphatic hydroxyl groups is 2. The van der Waals surface area contributed by atoms with Crippen LogP contribution >= 0.6 is 0 Å². The zero-order valence-electron chi connectivity index (χ0n) is 5.73. The molecule has 1 heterocycles. The van der Waals surface area contributed by atoms with Gasteiger partial charge in [0.1, 0.15) is 18.3 Å². The molecule has 0 aromatic carbocycles. The lowest BCUT2D eigenvalue weighted by Gasteiger charge is -2.12. The number of ketones is 1. The molecule has 2 rings (SSSR count). The number of fused-ring (bicyclic) bond motifs is 1. The van der Waals surface area contributed by atoms with E-state index >= 15 is 0 Å². The number of hydrogen-bond donors (Lipinski definition) is 2. The van der Waals surface area contributed by atoms with Crippen molar-refractivity contribution in [1.82, 2.24) is 0 Å². The van der Waals surface area contributed by atoms with E-state index in [2.05, 4.69) is 0 Å². The maximum atomic E-state index is 10.9. The van der Waals surface area contributed by atoms with Crippen molar-refractivity contribution in [1.29, 1.82) is 0 Å². The van der Waals surface area contributed by atoms with Crippen LogP contribution in [0.2, 0.25) is 0 Å². The number of ether oxygens (including phenoxy) is 1. The summed E-state index contributed by atoms with van der Waals surface area (Å²) in [5.41, 5.74) is 0.355. The Bertz CT molecular complexity index is 233. The highest BCUT2D eigenvalue weighted by molar-refractivity contribution is 5.98. The Morgan fingerprint density at radius 1 is 1.64 bits per heavy atom. The van der Waals surface area contributed by atoms with Crippen LogP contribution < -0.4 is 0 Å². The number of epoxide rings is 1. The molecule has 0 bridgehead atoms. The first kappa shape index (κ1) is 6.97. The number of rotatable bonds is 1. The van der Waals surface area contributed by atoms with Gasteiger partial charge in [0.25, 0.3) is 0 Å². The molecule has 60 valence electrons. The molecule has 0 radical (unpaired) electrons. The van der Waals surface area contributed by atoms with Crippen LogP contribution in [0.25, 0.3) is 0 Å². The number of carbonyl (C=O) groups excluding carboxylic acids is 1. The fourth-order valence-electron chi connectivity index (χ4n) is 1.29. The monoisotopic (exact) mass is 156 g/mol. The third-order valence-electron chi connectivity index (χ3n) is 2.01. The molecular formula is C7H8O4. The Morgan fingerprint density at radius 3 is 3.00 bits per heavy atom. The second-order valence-corrected chi connectivity index (χ2v) is 2.75. The van der Waals surface area contributed by atoms with Gasteiger partial charge in [-0.15, -0.1) is 0 Å². The van der Waals surface area contributed by atoms with Crippen molar-refractivity contribution in [2.24, 2.45) is 0 Å². The molecule has 2 aliphatic rings. The standard InChI is InChI=1S/C7H8O4/c8-2-3-1-4(9)6-7(11-6)5(3)10/h1,5-8,10H,2H2. The summed E-state index contributed by atoms with van der Waals surface area (Å²) in [6.45, 7) is -0.278. The number of aliphatic hydroxyl groups excluding tert-OH is 2. The van der Waals surface area contributed by atoms with Crippen molar-refractivity contribution < 1.29 is 19.7 Å². The van der Waals surface area contributed by atoms with Gasteiger partial charge in [-0.05, 0) is 11.6 Å². The van der Waals surface area contributed by atoms with E-state index in [1.54, 1.807) is 0 Å². The van der Waals surface area contributed by atoms with Crippen molar-refractivity contribution in [2.75, 3.05) is 6.61 Å². The zero-order valence-corrected chi connectivity index (χ0v) is 5.73. The number of hydrogen-bond acceptors (Lipinski definition) is 4. The molecule has 3 atom stereocenters. The van der Waals surface area contributed by atoms with Gasteiger partial charge in [-0.25, -0.2) is 0 Å². The van der Waals surface area contributed by atoms with Gasteiger partial charge in [-0.3, -0.25) is 4.79 Å². The maximum absolute atomic E-state index is 10.9. The first-order valence-corrected chi connectivity index (χ1v) is 3.42. The van der Waals surface area contributed by atoms with E-state index in [9.17, 15) is 9.90 Å². The predicted molar refractivity (Wildman–Crippen MR) is 34.8 cm³/mol. The topological polar surface area (TPSA) is 70.1 Å². The molecule has 4 nitrogen and oxygen atoms in total. The van der Waals surface area contributed by atoms with E-state index in [4.69, 9.17) is 9.84 Å². The molecule has 0 aromatic heterocycles. The van der Waals surface area contributed by atoms with Crippen molar-refractivity contribution >= 4 is 5.78 Å². The molecule has 0 spiro atoms. The van der Waals surface area contributed by atoms with E-state index in [-0.39, 0.29) is 12.4 Å². The fraction of sp³-hybridized carbons (Fsp3) is 0.571.